The van der Waals surface area contributed by atoms with E-state index in [1.54, 1.807) is 7.11 Å². The second-order valence-corrected chi connectivity index (χ2v) is 5.23. The van der Waals surface area contributed by atoms with Gasteiger partial charge in [-0.05, 0) is 47.4 Å². The summed E-state index contributed by atoms with van der Waals surface area (Å²) in [5, 5.41) is 12.7. The maximum Gasteiger partial charge on any atom is 0.119 e. The van der Waals surface area contributed by atoms with Crippen LogP contribution >= 0.6 is 0 Å². The molecule has 0 aromatic heterocycles. The van der Waals surface area contributed by atoms with Crippen LogP contribution in [0.4, 0.5) is 0 Å². The molecule has 0 aliphatic heterocycles. The third-order valence-corrected chi connectivity index (χ3v) is 3.76. The zero-order valence-corrected chi connectivity index (χ0v) is 11.4. The second-order valence-electron chi connectivity index (χ2n) is 5.23. The van der Waals surface area contributed by atoms with Gasteiger partial charge in [0.05, 0.1) is 12.7 Å². The van der Waals surface area contributed by atoms with Gasteiger partial charge < -0.3 is 9.84 Å². The van der Waals surface area contributed by atoms with Crippen LogP contribution in [0.25, 0.3) is 10.8 Å². The van der Waals surface area contributed by atoms with Crippen molar-refractivity contribution in [3.8, 4) is 5.75 Å². The summed E-state index contributed by atoms with van der Waals surface area (Å²) < 4.78 is 5.21. The van der Waals surface area contributed by atoms with Crippen LogP contribution in [-0.2, 0) is 5.60 Å². The average Bonchev–Trinajstić information content (AvgIpc) is 2.37. The van der Waals surface area contributed by atoms with E-state index in [1.807, 2.05) is 51.1 Å². The lowest BCUT2D eigenvalue weighted by Gasteiger charge is -2.28. The molecule has 18 heavy (non-hydrogen) atoms. The molecular formula is C16H20O2. The Morgan fingerprint density at radius 1 is 1.06 bits per heavy atom. The largest absolute Gasteiger partial charge is 0.497 e. The molecule has 2 heteroatoms. The lowest BCUT2D eigenvalue weighted by molar-refractivity contribution is 0.00918. The summed E-state index contributed by atoms with van der Waals surface area (Å²) in [7, 11) is 1.67. The molecule has 1 atom stereocenters. The SMILES string of the molecule is COc1ccc2cc([C@@](C)(O)C(C)C)ccc2c1. The van der Waals surface area contributed by atoms with E-state index < -0.39 is 5.60 Å². The minimum absolute atomic E-state index is 0.174. The molecule has 0 heterocycles. The molecule has 2 aromatic rings. The van der Waals surface area contributed by atoms with E-state index in [4.69, 9.17) is 4.74 Å². The predicted octanol–water partition coefficient (Wildman–Crippen LogP) is 3.71. The lowest BCUT2D eigenvalue weighted by Crippen LogP contribution is -2.27. The number of hydrogen-bond donors (Lipinski definition) is 1. The third kappa shape index (κ3) is 2.21. The van der Waals surface area contributed by atoms with Gasteiger partial charge >= 0.3 is 0 Å². The Hall–Kier alpha value is -1.54. The summed E-state index contributed by atoms with van der Waals surface area (Å²) in [6.07, 6.45) is 0. The highest BCUT2D eigenvalue weighted by Gasteiger charge is 2.27. The Labute approximate surface area is 108 Å². The molecule has 2 aromatic carbocycles. The van der Waals surface area contributed by atoms with Crippen LogP contribution in [0.3, 0.4) is 0 Å². The van der Waals surface area contributed by atoms with Gasteiger partial charge in [-0.3, -0.25) is 0 Å². The summed E-state index contributed by atoms with van der Waals surface area (Å²) >= 11 is 0. The molecule has 2 nitrogen and oxygen atoms in total. The zero-order valence-electron chi connectivity index (χ0n) is 11.4. The predicted molar refractivity (Wildman–Crippen MR) is 74.9 cm³/mol. The number of aliphatic hydroxyl groups is 1. The molecule has 0 amide bonds. The van der Waals surface area contributed by atoms with Crippen molar-refractivity contribution < 1.29 is 9.84 Å². The van der Waals surface area contributed by atoms with Gasteiger partial charge in [0.25, 0.3) is 0 Å². The Morgan fingerprint density at radius 3 is 2.28 bits per heavy atom. The van der Waals surface area contributed by atoms with Crippen molar-refractivity contribution in [2.45, 2.75) is 26.4 Å². The maximum absolute atomic E-state index is 10.5. The van der Waals surface area contributed by atoms with Gasteiger partial charge in [-0.1, -0.05) is 32.0 Å². The smallest absolute Gasteiger partial charge is 0.119 e. The fourth-order valence-corrected chi connectivity index (χ4v) is 2.00. The van der Waals surface area contributed by atoms with E-state index in [2.05, 4.69) is 6.07 Å². The third-order valence-electron chi connectivity index (χ3n) is 3.76. The zero-order chi connectivity index (χ0) is 13.3. The number of hydrogen-bond acceptors (Lipinski definition) is 2. The molecule has 0 spiro atoms. The van der Waals surface area contributed by atoms with Crippen LogP contribution in [0.15, 0.2) is 36.4 Å². The van der Waals surface area contributed by atoms with Gasteiger partial charge in [0.2, 0.25) is 0 Å². The summed E-state index contributed by atoms with van der Waals surface area (Å²) in [6.45, 7) is 5.92. The molecule has 2 rings (SSSR count). The van der Waals surface area contributed by atoms with Crippen molar-refractivity contribution in [1.82, 2.24) is 0 Å². The van der Waals surface area contributed by atoms with Crippen molar-refractivity contribution in [3.63, 3.8) is 0 Å². The molecule has 1 N–H and O–H groups in total. The summed E-state index contributed by atoms with van der Waals surface area (Å²) in [6, 6.07) is 12.0. The van der Waals surface area contributed by atoms with Gasteiger partial charge in [0.1, 0.15) is 5.75 Å². The summed E-state index contributed by atoms with van der Waals surface area (Å²) in [4.78, 5) is 0. The van der Waals surface area contributed by atoms with Gasteiger partial charge in [-0.15, -0.1) is 0 Å². The highest BCUT2D eigenvalue weighted by Crippen LogP contribution is 2.31. The fraction of sp³-hybridized carbons (Fsp3) is 0.375. The first-order chi connectivity index (χ1) is 8.45. The monoisotopic (exact) mass is 244 g/mol. The van der Waals surface area contributed by atoms with E-state index in [1.165, 1.54) is 0 Å². The van der Waals surface area contributed by atoms with Crippen molar-refractivity contribution in [2.24, 2.45) is 5.92 Å². The first-order valence-corrected chi connectivity index (χ1v) is 6.26. The molecule has 0 aliphatic carbocycles. The normalized spacial score (nSPS) is 14.8. The molecule has 0 saturated heterocycles. The van der Waals surface area contributed by atoms with Crippen LogP contribution < -0.4 is 4.74 Å². The first kappa shape index (κ1) is 12.9. The van der Waals surface area contributed by atoms with E-state index in [0.29, 0.717) is 0 Å². The molecule has 0 unspecified atom stereocenters. The Bertz CT molecular complexity index is 556. The van der Waals surface area contributed by atoms with E-state index in [-0.39, 0.29) is 5.92 Å². The number of methoxy groups -OCH3 is 1. The maximum atomic E-state index is 10.5. The summed E-state index contributed by atoms with van der Waals surface area (Å²) in [5.41, 5.74) is 0.156. The van der Waals surface area contributed by atoms with E-state index in [9.17, 15) is 5.11 Å². The molecule has 96 valence electrons. The van der Waals surface area contributed by atoms with Crippen LogP contribution in [0, 0.1) is 5.92 Å². The van der Waals surface area contributed by atoms with Gasteiger partial charge in [0.15, 0.2) is 0 Å². The molecule has 0 bridgehead atoms. The fourth-order valence-electron chi connectivity index (χ4n) is 2.00. The highest BCUT2D eigenvalue weighted by atomic mass is 16.5. The number of fused-ring (bicyclic) bond motifs is 1. The number of benzene rings is 2. The summed E-state index contributed by atoms with van der Waals surface area (Å²) in [5.74, 6) is 1.03. The van der Waals surface area contributed by atoms with Crippen LogP contribution in [-0.4, -0.2) is 12.2 Å². The highest BCUT2D eigenvalue weighted by molar-refractivity contribution is 5.84. The quantitative estimate of drug-likeness (QED) is 0.891. The van der Waals surface area contributed by atoms with E-state index >= 15 is 0 Å². The number of ether oxygens (including phenoxy) is 1. The lowest BCUT2D eigenvalue weighted by atomic mass is 9.84. The molecule has 0 radical (unpaired) electrons. The van der Waals surface area contributed by atoms with Crippen LogP contribution in [0.1, 0.15) is 26.3 Å². The van der Waals surface area contributed by atoms with Crippen molar-refractivity contribution in [1.29, 1.82) is 0 Å². The standard InChI is InChI=1S/C16H20O2/c1-11(2)16(3,17)14-7-5-13-10-15(18-4)8-6-12(13)9-14/h5-11,17H,1-4H3/t16-/m0/s1. The second kappa shape index (κ2) is 4.62. The average molecular weight is 244 g/mol. The Kier molecular flexibility index (Phi) is 3.31. The van der Waals surface area contributed by atoms with Gasteiger partial charge in [-0.25, -0.2) is 0 Å². The van der Waals surface area contributed by atoms with Gasteiger partial charge in [0, 0.05) is 0 Å². The van der Waals surface area contributed by atoms with Crippen LogP contribution in [0.5, 0.6) is 5.75 Å². The Balaban J connectivity index is 2.51. The number of rotatable bonds is 3. The van der Waals surface area contributed by atoms with E-state index in [0.717, 1.165) is 22.1 Å². The van der Waals surface area contributed by atoms with Crippen molar-refractivity contribution in [3.05, 3.63) is 42.0 Å². The van der Waals surface area contributed by atoms with Crippen molar-refractivity contribution >= 4 is 10.8 Å². The minimum atomic E-state index is -0.798. The Morgan fingerprint density at radius 2 is 1.67 bits per heavy atom. The minimum Gasteiger partial charge on any atom is -0.497 e. The first-order valence-electron chi connectivity index (χ1n) is 6.26. The molecular weight excluding hydrogens is 224 g/mol. The molecule has 0 saturated carbocycles. The van der Waals surface area contributed by atoms with Crippen molar-refractivity contribution in [2.75, 3.05) is 7.11 Å². The molecule has 0 aliphatic rings. The van der Waals surface area contributed by atoms with Gasteiger partial charge in [-0.2, -0.15) is 0 Å². The molecule has 0 fully saturated rings. The topological polar surface area (TPSA) is 29.5 Å². The van der Waals surface area contributed by atoms with Crippen LogP contribution in [0.2, 0.25) is 0 Å².